The smallest absolute Gasteiger partial charge is 0.0692 e. The molecule has 1 saturated heterocycles. The Hall–Kier alpha value is -0.0800. The summed E-state index contributed by atoms with van der Waals surface area (Å²) in [5.41, 5.74) is 0.317. The van der Waals surface area contributed by atoms with Crippen LogP contribution in [0.3, 0.4) is 0 Å². The first kappa shape index (κ1) is 8.52. The van der Waals surface area contributed by atoms with Crippen molar-refractivity contribution in [2.75, 3.05) is 6.54 Å². The average Bonchev–Trinajstić information content (AvgIpc) is 2.32. The quantitative estimate of drug-likeness (QED) is 0.572. The van der Waals surface area contributed by atoms with Gasteiger partial charge in [0.15, 0.2) is 0 Å². The summed E-state index contributed by atoms with van der Waals surface area (Å²) in [6.07, 6.45) is 5.44. The van der Waals surface area contributed by atoms with Gasteiger partial charge in [-0.15, -0.1) is 0 Å². The largest absolute Gasteiger partial charge is 0.298 e. The second-order valence-corrected chi connectivity index (χ2v) is 4.71. The molecule has 2 rings (SSSR count). The molecule has 1 aliphatic carbocycles. The van der Waals surface area contributed by atoms with E-state index in [1.165, 1.54) is 25.7 Å². The molecule has 2 nitrogen and oxygen atoms in total. The normalized spacial score (nSPS) is 48.5. The van der Waals surface area contributed by atoms with Gasteiger partial charge in [-0.25, -0.2) is 0 Å². The van der Waals surface area contributed by atoms with Crippen LogP contribution in [-0.4, -0.2) is 18.2 Å². The van der Waals surface area contributed by atoms with Crippen LogP contribution in [0, 0.1) is 5.92 Å². The van der Waals surface area contributed by atoms with Crippen LogP contribution in [0.5, 0.6) is 0 Å². The Morgan fingerprint density at radius 1 is 1.33 bits per heavy atom. The Bertz CT molecular complexity index is 165. The van der Waals surface area contributed by atoms with Gasteiger partial charge in [-0.1, -0.05) is 19.8 Å². The molecule has 2 heteroatoms. The Balaban J connectivity index is 2.00. The number of hydrogen-bond acceptors (Lipinski definition) is 2. The van der Waals surface area contributed by atoms with Gasteiger partial charge in [0.2, 0.25) is 0 Å². The van der Waals surface area contributed by atoms with E-state index in [9.17, 15) is 0 Å². The molecule has 0 aromatic carbocycles. The van der Waals surface area contributed by atoms with E-state index >= 15 is 0 Å². The van der Waals surface area contributed by atoms with Crippen molar-refractivity contribution in [1.29, 1.82) is 0 Å². The first-order valence-corrected chi connectivity index (χ1v) is 5.23. The van der Waals surface area contributed by atoms with E-state index in [1.807, 2.05) is 0 Å². The Morgan fingerprint density at radius 2 is 2.17 bits per heavy atom. The highest BCUT2D eigenvalue weighted by atomic mass is 15.3. The third kappa shape index (κ3) is 1.50. The third-order valence-corrected chi connectivity index (χ3v) is 3.27. The van der Waals surface area contributed by atoms with Crippen molar-refractivity contribution in [3.05, 3.63) is 0 Å². The van der Waals surface area contributed by atoms with Crippen LogP contribution < -0.4 is 10.6 Å². The molecule has 0 unspecified atom stereocenters. The highest BCUT2D eigenvalue weighted by Gasteiger charge is 2.39. The van der Waals surface area contributed by atoms with Crippen LogP contribution in [0.25, 0.3) is 0 Å². The minimum absolute atomic E-state index is 0.317. The zero-order valence-electron chi connectivity index (χ0n) is 8.19. The maximum atomic E-state index is 3.69. The molecule has 70 valence electrons. The standard InChI is InChI=1S/C10H20N2/c1-8-4-3-5-10(6-8)11-7-9(2)12-10/h8-9,11-12H,3-7H2,1-2H3/t8-,9-,10+/m0/s1. The fourth-order valence-electron chi connectivity index (χ4n) is 2.77. The van der Waals surface area contributed by atoms with Crippen LogP contribution in [0.4, 0.5) is 0 Å². The predicted octanol–water partition coefficient (Wildman–Crippen LogP) is 1.47. The highest BCUT2D eigenvalue weighted by molar-refractivity contribution is 4.97. The van der Waals surface area contributed by atoms with E-state index in [2.05, 4.69) is 24.5 Å². The lowest BCUT2D eigenvalue weighted by atomic mass is 9.82. The van der Waals surface area contributed by atoms with Gasteiger partial charge in [-0.05, 0) is 25.7 Å². The summed E-state index contributed by atoms with van der Waals surface area (Å²) in [6.45, 7) is 5.78. The lowest BCUT2D eigenvalue weighted by molar-refractivity contribution is 0.183. The SMILES string of the molecule is C[C@H]1CCC[C@@]2(C1)NC[C@H](C)N2. The van der Waals surface area contributed by atoms with Crippen molar-refractivity contribution < 1.29 is 0 Å². The molecule has 1 spiro atoms. The van der Waals surface area contributed by atoms with Crippen molar-refractivity contribution in [2.24, 2.45) is 5.92 Å². The fraction of sp³-hybridized carbons (Fsp3) is 1.00. The van der Waals surface area contributed by atoms with Crippen molar-refractivity contribution in [3.8, 4) is 0 Å². The molecular formula is C10H20N2. The van der Waals surface area contributed by atoms with Gasteiger partial charge in [-0.2, -0.15) is 0 Å². The van der Waals surface area contributed by atoms with Crippen molar-refractivity contribution >= 4 is 0 Å². The molecular weight excluding hydrogens is 148 g/mol. The van der Waals surface area contributed by atoms with E-state index in [1.54, 1.807) is 0 Å². The molecule has 3 atom stereocenters. The predicted molar refractivity (Wildman–Crippen MR) is 51.0 cm³/mol. The van der Waals surface area contributed by atoms with Crippen LogP contribution in [0.2, 0.25) is 0 Å². The number of nitrogens with one attached hydrogen (secondary N) is 2. The van der Waals surface area contributed by atoms with E-state index in [-0.39, 0.29) is 0 Å². The molecule has 2 N–H and O–H groups in total. The molecule has 0 aromatic heterocycles. The summed E-state index contributed by atoms with van der Waals surface area (Å²) in [5.74, 6) is 0.893. The monoisotopic (exact) mass is 168 g/mol. The molecule has 0 amide bonds. The Morgan fingerprint density at radius 3 is 2.75 bits per heavy atom. The molecule has 1 aliphatic heterocycles. The van der Waals surface area contributed by atoms with Gasteiger partial charge in [0.1, 0.15) is 0 Å². The molecule has 1 saturated carbocycles. The molecule has 2 aliphatic rings. The minimum Gasteiger partial charge on any atom is -0.298 e. The number of rotatable bonds is 0. The second-order valence-electron chi connectivity index (χ2n) is 4.71. The maximum absolute atomic E-state index is 3.69. The summed E-state index contributed by atoms with van der Waals surface area (Å²) >= 11 is 0. The molecule has 2 fully saturated rings. The van der Waals surface area contributed by atoms with E-state index in [0.29, 0.717) is 11.7 Å². The summed E-state index contributed by atoms with van der Waals surface area (Å²) < 4.78 is 0. The summed E-state index contributed by atoms with van der Waals surface area (Å²) in [6, 6.07) is 0.662. The lowest BCUT2D eigenvalue weighted by Crippen LogP contribution is -2.52. The van der Waals surface area contributed by atoms with Crippen LogP contribution in [-0.2, 0) is 0 Å². The molecule has 0 bridgehead atoms. The van der Waals surface area contributed by atoms with Crippen LogP contribution in [0.1, 0.15) is 39.5 Å². The van der Waals surface area contributed by atoms with Crippen molar-refractivity contribution in [3.63, 3.8) is 0 Å². The van der Waals surface area contributed by atoms with Gasteiger partial charge in [0.25, 0.3) is 0 Å². The first-order valence-electron chi connectivity index (χ1n) is 5.23. The molecule has 1 heterocycles. The van der Waals surface area contributed by atoms with Gasteiger partial charge >= 0.3 is 0 Å². The lowest BCUT2D eigenvalue weighted by Gasteiger charge is -2.37. The summed E-state index contributed by atoms with van der Waals surface area (Å²) in [7, 11) is 0. The highest BCUT2D eigenvalue weighted by Crippen LogP contribution is 2.32. The van der Waals surface area contributed by atoms with Crippen molar-refractivity contribution in [1.82, 2.24) is 10.6 Å². The van der Waals surface area contributed by atoms with Crippen molar-refractivity contribution in [2.45, 2.75) is 51.2 Å². The summed E-state index contributed by atoms with van der Waals surface area (Å²) in [5, 5.41) is 7.33. The van der Waals surface area contributed by atoms with Gasteiger partial charge in [0, 0.05) is 12.6 Å². The fourth-order valence-corrected chi connectivity index (χ4v) is 2.77. The van der Waals surface area contributed by atoms with Crippen LogP contribution >= 0.6 is 0 Å². The summed E-state index contributed by atoms with van der Waals surface area (Å²) in [4.78, 5) is 0. The Kier molecular flexibility index (Phi) is 2.13. The molecule has 0 aromatic rings. The van der Waals surface area contributed by atoms with Crippen LogP contribution in [0.15, 0.2) is 0 Å². The molecule has 12 heavy (non-hydrogen) atoms. The zero-order chi connectivity index (χ0) is 8.60. The van der Waals surface area contributed by atoms with E-state index < -0.39 is 0 Å². The third-order valence-electron chi connectivity index (χ3n) is 3.27. The van der Waals surface area contributed by atoms with E-state index in [4.69, 9.17) is 0 Å². The topological polar surface area (TPSA) is 24.1 Å². The first-order chi connectivity index (χ1) is 5.70. The maximum Gasteiger partial charge on any atom is 0.0692 e. The van der Waals surface area contributed by atoms with Gasteiger partial charge < -0.3 is 0 Å². The van der Waals surface area contributed by atoms with E-state index in [0.717, 1.165) is 12.5 Å². The number of hydrogen-bond donors (Lipinski definition) is 2. The van der Waals surface area contributed by atoms with Gasteiger partial charge in [0.05, 0.1) is 5.66 Å². The second kappa shape index (κ2) is 3.00. The van der Waals surface area contributed by atoms with Gasteiger partial charge in [-0.3, -0.25) is 10.6 Å². The average molecular weight is 168 g/mol. The molecule has 0 radical (unpaired) electrons. The Labute approximate surface area is 75.1 Å². The minimum atomic E-state index is 0.317. The zero-order valence-corrected chi connectivity index (χ0v) is 8.19.